The highest BCUT2D eigenvalue weighted by Gasteiger charge is 2.21. The van der Waals surface area contributed by atoms with Crippen molar-refractivity contribution in [2.75, 3.05) is 13.2 Å². The maximum absolute atomic E-state index is 11.3. The molecule has 0 unspecified atom stereocenters. The van der Waals surface area contributed by atoms with Crippen LogP contribution in [0.1, 0.15) is 10.4 Å². The van der Waals surface area contributed by atoms with E-state index in [1.165, 1.54) is 5.54 Å². The van der Waals surface area contributed by atoms with Gasteiger partial charge in [-0.1, -0.05) is 23.2 Å². The van der Waals surface area contributed by atoms with Crippen LogP contribution in [0, 0.1) is 0 Å². The molecule has 0 radical (unpaired) electrons. The summed E-state index contributed by atoms with van der Waals surface area (Å²) in [5.74, 6) is 1.12. The van der Waals surface area contributed by atoms with E-state index in [1.807, 2.05) is 0 Å². The first kappa shape index (κ1) is 11.3. The Kier molecular flexibility index (Phi) is 3.36. The van der Waals surface area contributed by atoms with Crippen LogP contribution in [0.4, 0.5) is 0 Å². The summed E-state index contributed by atoms with van der Waals surface area (Å²) in [6, 6.07) is 5.04. The number of ether oxygens (including phenoxy) is 2. The van der Waals surface area contributed by atoms with Crippen molar-refractivity contribution in [2.45, 2.75) is 0 Å². The second-order valence-electron chi connectivity index (χ2n) is 3.21. The number of benzene rings is 1. The smallest absolute Gasteiger partial charge is 0.203 e. The quantitative estimate of drug-likeness (QED) is 0.837. The highest BCUT2D eigenvalue weighted by atomic mass is 35.5. The molecule has 0 saturated carbocycles. The minimum absolute atomic E-state index is 0.0137. The Bertz CT molecular complexity index is 455. The van der Waals surface area contributed by atoms with E-state index in [2.05, 4.69) is 0 Å². The van der Waals surface area contributed by atoms with Gasteiger partial charge in [0.25, 0.3) is 0 Å². The van der Waals surface area contributed by atoms with Gasteiger partial charge in [-0.25, -0.2) is 0 Å². The molecule has 0 aromatic heterocycles. The maximum Gasteiger partial charge on any atom is 0.203 e. The zero-order chi connectivity index (χ0) is 11.5. The first-order valence-corrected chi connectivity index (χ1v) is 5.40. The van der Waals surface area contributed by atoms with E-state index >= 15 is 0 Å². The molecular weight excluding hydrogens is 251 g/mol. The zero-order valence-corrected chi connectivity index (χ0v) is 9.72. The molecule has 0 spiro atoms. The molecule has 0 fully saturated rings. The Morgan fingerprint density at radius 2 is 2.38 bits per heavy atom. The number of rotatable bonds is 3. The van der Waals surface area contributed by atoms with Crippen LogP contribution in [-0.2, 0) is 0 Å². The third kappa shape index (κ3) is 2.31. The van der Waals surface area contributed by atoms with Crippen LogP contribution in [0.3, 0.4) is 0 Å². The average Bonchev–Trinajstić information content (AvgIpc) is 2.67. The molecule has 1 aromatic rings. The van der Waals surface area contributed by atoms with Crippen LogP contribution in [0.2, 0.25) is 0 Å². The van der Waals surface area contributed by atoms with Gasteiger partial charge in [0.05, 0.1) is 10.6 Å². The number of carbonyl (C=O) groups is 1. The molecule has 16 heavy (non-hydrogen) atoms. The van der Waals surface area contributed by atoms with Crippen LogP contribution in [0.25, 0.3) is 0 Å². The van der Waals surface area contributed by atoms with Crippen LogP contribution in [0.15, 0.2) is 28.8 Å². The molecule has 0 N–H and O–H groups in total. The van der Waals surface area contributed by atoms with Crippen LogP contribution < -0.4 is 9.47 Å². The van der Waals surface area contributed by atoms with Crippen molar-refractivity contribution in [3.8, 4) is 11.5 Å². The molecule has 5 heteroatoms. The first-order chi connectivity index (χ1) is 7.70. The SMILES string of the molecule is O=C1COc2cc(OCC(Cl)=CCl)ccc21. The van der Waals surface area contributed by atoms with E-state index in [0.717, 1.165) is 0 Å². The molecule has 1 aromatic carbocycles. The molecule has 2 rings (SSSR count). The molecule has 0 atom stereocenters. The number of hydrogen-bond acceptors (Lipinski definition) is 3. The van der Waals surface area contributed by atoms with E-state index in [1.54, 1.807) is 18.2 Å². The number of Topliss-reactive ketones (excluding diaryl/α,β-unsaturated/α-hetero) is 1. The third-order valence-corrected chi connectivity index (χ3v) is 2.70. The number of hydrogen-bond donors (Lipinski definition) is 0. The summed E-state index contributed by atoms with van der Waals surface area (Å²) >= 11 is 11.1. The van der Waals surface area contributed by atoms with Gasteiger partial charge in [-0.2, -0.15) is 0 Å². The second-order valence-corrected chi connectivity index (χ2v) is 3.92. The Morgan fingerprint density at radius 1 is 1.56 bits per heavy atom. The Balaban J connectivity index is 2.11. The molecule has 0 bridgehead atoms. The highest BCUT2D eigenvalue weighted by Crippen LogP contribution is 2.29. The molecule has 0 aliphatic carbocycles. The number of carbonyl (C=O) groups excluding carboxylic acids is 1. The van der Waals surface area contributed by atoms with Crippen molar-refractivity contribution >= 4 is 29.0 Å². The van der Waals surface area contributed by atoms with E-state index in [9.17, 15) is 4.79 Å². The predicted molar refractivity (Wildman–Crippen MR) is 61.6 cm³/mol. The molecular formula is C11H8Cl2O3. The molecule has 1 aliphatic rings. The standard InChI is InChI=1S/C11H8Cl2O3/c12-4-7(13)5-15-8-1-2-9-10(14)6-16-11(9)3-8/h1-4H,5-6H2. The van der Waals surface area contributed by atoms with Gasteiger partial charge in [-0.3, -0.25) is 4.79 Å². The lowest BCUT2D eigenvalue weighted by Gasteiger charge is -2.06. The normalized spacial score (nSPS) is 14.6. The minimum Gasteiger partial charge on any atom is -0.488 e. The topological polar surface area (TPSA) is 35.5 Å². The Morgan fingerprint density at radius 3 is 3.12 bits per heavy atom. The fourth-order valence-electron chi connectivity index (χ4n) is 1.35. The van der Waals surface area contributed by atoms with Gasteiger partial charge in [0.2, 0.25) is 5.78 Å². The van der Waals surface area contributed by atoms with Gasteiger partial charge in [-0.05, 0) is 12.1 Å². The summed E-state index contributed by atoms with van der Waals surface area (Å²) in [4.78, 5) is 11.3. The van der Waals surface area contributed by atoms with Gasteiger partial charge in [0, 0.05) is 11.6 Å². The summed E-state index contributed by atoms with van der Waals surface area (Å²) < 4.78 is 10.5. The van der Waals surface area contributed by atoms with Crippen molar-refractivity contribution < 1.29 is 14.3 Å². The maximum atomic E-state index is 11.3. The van der Waals surface area contributed by atoms with Gasteiger partial charge < -0.3 is 9.47 Å². The monoisotopic (exact) mass is 258 g/mol. The molecule has 1 aliphatic heterocycles. The largest absolute Gasteiger partial charge is 0.488 e. The van der Waals surface area contributed by atoms with E-state index in [4.69, 9.17) is 32.7 Å². The van der Waals surface area contributed by atoms with Crippen LogP contribution in [-0.4, -0.2) is 19.0 Å². The Labute approximate surface area is 103 Å². The molecule has 84 valence electrons. The van der Waals surface area contributed by atoms with Crippen molar-refractivity contribution in [1.29, 1.82) is 0 Å². The van der Waals surface area contributed by atoms with E-state index in [0.29, 0.717) is 22.1 Å². The molecule has 3 nitrogen and oxygen atoms in total. The summed E-state index contributed by atoms with van der Waals surface area (Å²) in [6.07, 6.45) is 0. The lowest BCUT2D eigenvalue weighted by Crippen LogP contribution is -1.98. The molecule has 0 amide bonds. The summed E-state index contributed by atoms with van der Waals surface area (Å²) in [7, 11) is 0. The first-order valence-electron chi connectivity index (χ1n) is 4.58. The second kappa shape index (κ2) is 4.76. The minimum atomic E-state index is -0.0137. The van der Waals surface area contributed by atoms with Crippen LogP contribution in [0.5, 0.6) is 11.5 Å². The number of halogens is 2. The van der Waals surface area contributed by atoms with Crippen molar-refractivity contribution in [2.24, 2.45) is 0 Å². The summed E-state index contributed by atoms with van der Waals surface area (Å²) in [5.41, 5.74) is 1.83. The van der Waals surface area contributed by atoms with Crippen LogP contribution >= 0.6 is 23.2 Å². The van der Waals surface area contributed by atoms with Crippen molar-refractivity contribution in [1.82, 2.24) is 0 Å². The lowest BCUT2D eigenvalue weighted by molar-refractivity contribution is 0.0961. The van der Waals surface area contributed by atoms with Crippen molar-refractivity contribution in [3.63, 3.8) is 0 Å². The lowest BCUT2D eigenvalue weighted by atomic mass is 10.1. The predicted octanol–water partition coefficient (Wildman–Crippen LogP) is 2.96. The molecule has 0 saturated heterocycles. The van der Waals surface area contributed by atoms with Gasteiger partial charge >= 0.3 is 0 Å². The fraction of sp³-hybridized carbons (Fsp3) is 0.182. The van der Waals surface area contributed by atoms with Gasteiger partial charge in [0.15, 0.2) is 6.61 Å². The average molecular weight is 259 g/mol. The van der Waals surface area contributed by atoms with E-state index < -0.39 is 0 Å². The Hall–Kier alpha value is -1.19. The summed E-state index contributed by atoms with van der Waals surface area (Å²) in [6.45, 7) is 0.291. The van der Waals surface area contributed by atoms with Crippen molar-refractivity contribution in [3.05, 3.63) is 34.3 Å². The van der Waals surface area contributed by atoms with Gasteiger partial charge in [-0.15, -0.1) is 0 Å². The zero-order valence-electron chi connectivity index (χ0n) is 8.20. The summed E-state index contributed by atoms with van der Waals surface area (Å²) in [5, 5.41) is 0.402. The highest BCUT2D eigenvalue weighted by molar-refractivity contribution is 6.36. The van der Waals surface area contributed by atoms with E-state index in [-0.39, 0.29) is 19.0 Å². The number of fused-ring (bicyclic) bond motifs is 1. The third-order valence-electron chi connectivity index (χ3n) is 2.11. The fourth-order valence-corrected chi connectivity index (χ4v) is 1.46. The molecule has 1 heterocycles. The van der Waals surface area contributed by atoms with Gasteiger partial charge in [0.1, 0.15) is 18.1 Å². The number of ketones is 1.